The fourth-order valence-corrected chi connectivity index (χ4v) is 2.98. The van der Waals surface area contributed by atoms with Crippen LogP contribution in [0, 0.1) is 5.92 Å². The molecule has 1 rings (SSSR count). The number of hydrogen-bond acceptors (Lipinski definition) is 5. The lowest BCUT2D eigenvalue weighted by Crippen LogP contribution is -2.38. The summed E-state index contributed by atoms with van der Waals surface area (Å²) >= 11 is 3.64. The van der Waals surface area contributed by atoms with Gasteiger partial charge in [-0.2, -0.15) is 11.8 Å². The van der Waals surface area contributed by atoms with E-state index < -0.39 is 0 Å². The van der Waals surface area contributed by atoms with E-state index in [1.807, 2.05) is 23.3 Å². The van der Waals surface area contributed by atoms with Crippen LogP contribution in [0.25, 0.3) is 0 Å². The molecule has 0 aliphatic rings. The van der Waals surface area contributed by atoms with Crippen LogP contribution in [0.4, 0.5) is 0 Å². The average Bonchev–Trinajstić information content (AvgIpc) is 2.68. The summed E-state index contributed by atoms with van der Waals surface area (Å²) in [7, 11) is 0. The van der Waals surface area contributed by atoms with Gasteiger partial charge in [0.1, 0.15) is 0 Å². The van der Waals surface area contributed by atoms with Crippen LogP contribution in [-0.2, 0) is 6.42 Å². The van der Waals surface area contributed by atoms with Gasteiger partial charge in [-0.3, -0.25) is 11.3 Å². The lowest BCUT2D eigenvalue weighted by atomic mass is 10.2. The van der Waals surface area contributed by atoms with Gasteiger partial charge in [0.25, 0.3) is 0 Å². The zero-order chi connectivity index (χ0) is 11.1. The number of nitrogens with two attached hydrogens (primary N) is 1. The van der Waals surface area contributed by atoms with Gasteiger partial charge in [0, 0.05) is 29.8 Å². The summed E-state index contributed by atoms with van der Waals surface area (Å²) in [6.07, 6.45) is 2.77. The van der Waals surface area contributed by atoms with Crippen molar-refractivity contribution in [2.45, 2.75) is 26.3 Å². The molecule has 1 aromatic rings. The minimum Gasteiger partial charge on any atom is -0.271 e. The highest BCUT2D eigenvalue weighted by atomic mass is 32.2. The van der Waals surface area contributed by atoms with Crippen molar-refractivity contribution in [1.29, 1.82) is 0 Å². The molecule has 0 saturated carbocycles. The molecular weight excluding hydrogens is 226 g/mol. The molecule has 15 heavy (non-hydrogen) atoms. The Morgan fingerprint density at radius 1 is 1.53 bits per heavy atom. The summed E-state index contributed by atoms with van der Waals surface area (Å²) in [4.78, 5) is 4.26. The van der Waals surface area contributed by atoms with Crippen LogP contribution in [0.2, 0.25) is 0 Å². The summed E-state index contributed by atoms with van der Waals surface area (Å²) in [6.45, 7) is 4.47. The number of hydrazine groups is 1. The third-order valence-electron chi connectivity index (χ3n) is 1.91. The molecule has 0 aliphatic heterocycles. The van der Waals surface area contributed by atoms with Gasteiger partial charge < -0.3 is 0 Å². The van der Waals surface area contributed by atoms with Crippen LogP contribution in [0.1, 0.15) is 18.9 Å². The van der Waals surface area contributed by atoms with E-state index in [4.69, 9.17) is 5.84 Å². The molecule has 0 fully saturated rings. The minimum atomic E-state index is 0.333. The molecule has 1 atom stereocenters. The zero-order valence-corrected chi connectivity index (χ0v) is 10.9. The van der Waals surface area contributed by atoms with Crippen LogP contribution in [0.15, 0.2) is 11.6 Å². The SMILES string of the molecule is CC(C)CSCC(Cc1nccs1)NN. The standard InChI is InChI=1S/C10H19N3S2/c1-8(2)6-14-7-9(13-11)5-10-12-3-4-15-10/h3-4,8-9,13H,5-7,11H2,1-2H3. The summed E-state index contributed by atoms with van der Waals surface area (Å²) in [5.74, 6) is 8.50. The molecule has 3 nitrogen and oxygen atoms in total. The number of aromatic nitrogens is 1. The summed E-state index contributed by atoms with van der Waals surface area (Å²) in [6, 6.07) is 0.333. The minimum absolute atomic E-state index is 0.333. The fourth-order valence-electron chi connectivity index (χ4n) is 1.18. The predicted octanol–water partition coefficient (Wildman–Crippen LogP) is 1.91. The van der Waals surface area contributed by atoms with E-state index in [1.165, 1.54) is 5.75 Å². The van der Waals surface area contributed by atoms with E-state index >= 15 is 0 Å². The second kappa shape index (κ2) is 7.22. The molecule has 1 heterocycles. The number of nitrogens with one attached hydrogen (secondary N) is 1. The van der Waals surface area contributed by atoms with Crippen LogP contribution in [-0.4, -0.2) is 22.5 Å². The Hall–Kier alpha value is -0.100. The fraction of sp³-hybridized carbons (Fsp3) is 0.700. The number of thiazole rings is 1. The number of nitrogens with zero attached hydrogens (tertiary/aromatic N) is 1. The Kier molecular flexibility index (Phi) is 6.24. The van der Waals surface area contributed by atoms with E-state index in [1.54, 1.807) is 11.3 Å². The molecule has 0 saturated heterocycles. The van der Waals surface area contributed by atoms with Crippen molar-refractivity contribution < 1.29 is 0 Å². The van der Waals surface area contributed by atoms with Crippen LogP contribution in [0.5, 0.6) is 0 Å². The van der Waals surface area contributed by atoms with Crippen molar-refractivity contribution in [2.24, 2.45) is 11.8 Å². The highest BCUT2D eigenvalue weighted by molar-refractivity contribution is 7.99. The second-order valence-corrected chi connectivity index (χ2v) is 5.98. The molecule has 86 valence electrons. The summed E-state index contributed by atoms with van der Waals surface area (Å²) in [5, 5.41) is 3.16. The van der Waals surface area contributed by atoms with E-state index in [9.17, 15) is 0 Å². The van der Waals surface area contributed by atoms with E-state index in [0.29, 0.717) is 6.04 Å². The van der Waals surface area contributed by atoms with Gasteiger partial charge >= 0.3 is 0 Å². The van der Waals surface area contributed by atoms with Gasteiger partial charge in [-0.15, -0.1) is 11.3 Å². The molecule has 0 aliphatic carbocycles. The Balaban J connectivity index is 2.24. The van der Waals surface area contributed by atoms with E-state index in [0.717, 1.165) is 23.1 Å². The van der Waals surface area contributed by atoms with Crippen molar-refractivity contribution in [1.82, 2.24) is 10.4 Å². The Bertz CT molecular complexity index is 249. The largest absolute Gasteiger partial charge is 0.271 e. The number of hydrogen-bond donors (Lipinski definition) is 2. The van der Waals surface area contributed by atoms with Crippen LogP contribution >= 0.6 is 23.1 Å². The Morgan fingerprint density at radius 3 is 2.87 bits per heavy atom. The van der Waals surface area contributed by atoms with Gasteiger partial charge in [0.15, 0.2) is 0 Å². The monoisotopic (exact) mass is 245 g/mol. The topological polar surface area (TPSA) is 50.9 Å². The van der Waals surface area contributed by atoms with Gasteiger partial charge in [-0.05, 0) is 11.7 Å². The quantitative estimate of drug-likeness (QED) is 0.569. The summed E-state index contributed by atoms with van der Waals surface area (Å²) in [5.41, 5.74) is 2.86. The highest BCUT2D eigenvalue weighted by Gasteiger charge is 2.09. The van der Waals surface area contributed by atoms with Crippen molar-refractivity contribution in [3.63, 3.8) is 0 Å². The van der Waals surface area contributed by atoms with Crippen molar-refractivity contribution >= 4 is 23.1 Å². The lowest BCUT2D eigenvalue weighted by Gasteiger charge is -2.14. The first kappa shape index (κ1) is 13.0. The Morgan fingerprint density at radius 2 is 2.33 bits per heavy atom. The molecule has 0 spiro atoms. The lowest BCUT2D eigenvalue weighted by molar-refractivity contribution is 0.573. The van der Waals surface area contributed by atoms with E-state index in [2.05, 4.69) is 24.3 Å². The molecular formula is C10H19N3S2. The molecule has 5 heteroatoms. The van der Waals surface area contributed by atoms with Crippen molar-refractivity contribution in [3.8, 4) is 0 Å². The maximum atomic E-state index is 5.52. The first-order chi connectivity index (χ1) is 7.22. The third kappa shape index (κ3) is 5.51. The van der Waals surface area contributed by atoms with Gasteiger partial charge in [0.2, 0.25) is 0 Å². The zero-order valence-electron chi connectivity index (χ0n) is 9.27. The maximum absolute atomic E-state index is 5.52. The third-order valence-corrected chi connectivity index (χ3v) is 4.25. The molecule has 1 aromatic heterocycles. The van der Waals surface area contributed by atoms with Crippen molar-refractivity contribution in [3.05, 3.63) is 16.6 Å². The average molecular weight is 245 g/mol. The summed E-state index contributed by atoms with van der Waals surface area (Å²) < 4.78 is 0. The first-order valence-electron chi connectivity index (χ1n) is 5.14. The molecule has 0 aromatic carbocycles. The number of rotatable bonds is 7. The highest BCUT2D eigenvalue weighted by Crippen LogP contribution is 2.13. The van der Waals surface area contributed by atoms with E-state index in [-0.39, 0.29) is 0 Å². The Labute approximate surface area is 99.8 Å². The molecule has 3 N–H and O–H groups in total. The normalized spacial score (nSPS) is 13.3. The van der Waals surface area contributed by atoms with Gasteiger partial charge in [-0.25, -0.2) is 4.98 Å². The first-order valence-corrected chi connectivity index (χ1v) is 7.18. The smallest absolute Gasteiger partial charge is 0.0941 e. The molecule has 1 unspecified atom stereocenters. The number of thioether (sulfide) groups is 1. The van der Waals surface area contributed by atoms with Gasteiger partial charge in [-0.1, -0.05) is 13.8 Å². The molecule has 0 bridgehead atoms. The maximum Gasteiger partial charge on any atom is 0.0941 e. The van der Waals surface area contributed by atoms with Crippen LogP contribution in [0.3, 0.4) is 0 Å². The van der Waals surface area contributed by atoms with Crippen molar-refractivity contribution in [2.75, 3.05) is 11.5 Å². The predicted molar refractivity (Wildman–Crippen MR) is 69.1 cm³/mol. The molecule has 0 radical (unpaired) electrons. The molecule has 0 amide bonds. The van der Waals surface area contributed by atoms with Crippen LogP contribution < -0.4 is 11.3 Å². The van der Waals surface area contributed by atoms with Gasteiger partial charge in [0.05, 0.1) is 5.01 Å². The second-order valence-electron chi connectivity index (χ2n) is 3.92.